The summed E-state index contributed by atoms with van der Waals surface area (Å²) >= 11 is 3.64. The molecule has 3 rings (SSSR count). The molecule has 2 aromatic rings. The lowest BCUT2D eigenvalue weighted by Gasteiger charge is -2.19. The molecular weight excluding hydrogens is 294 g/mol. The van der Waals surface area contributed by atoms with Gasteiger partial charge in [0.05, 0.1) is 11.4 Å². The molecule has 1 heterocycles. The van der Waals surface area contributed by atoms with Gasteiger partial charge in [-0.1, -0.05) is 48.2 Å². The van der Waals surface area contributed by atoms with E-state index >= 15 is 0 Å². The Kier molecular flexibility index (Phi) is 6.51. The topological polar surface area (TPSA) is 12.0 Å². The van der Waals surface area contributed by atoms with Crippen LogP contribution in [0.1, 0.15) is 0 Å². The first-order chi connectivity index (χ1) is 10.3. The minimum Gasteiger partial charge on any atom is -0.354 e. The molecule has 0 aliphatic carbocycles. The van der Waals surface area contributed by atoms with Gasteiger partial charge in [-0.2, -0.15) is 11.8 Å². The van der Waals surface area contributed by atoms with Gasteiger partial charge in [-0.25, -0.2) is 0 Å². The molecule has 0 fully saturated rings. The highest BCUT2D eigenvalue weighted by atomic mass is 32.2. The molecule has 0 radical (unpaired) electrons. The molecule has 0 saturated heterocycles. The number of anilines is 2. The Hall–Kier alpha value is -1.58. The van der Waals surface area contributed by atoms with Crippen molar-refractivity contribution < 1.29 is 0 Å². The highest BCUT2D eigenvalue weighted by Gasteiger charge is 2.13. The fourth-order valence-electron chi connectivity index (χ4n) is 1.82. The van der Waals surface area contributed by atoms with Gasteiger partial charge in [0, 0.05) is 21.3 Å². The van der Waals surface area contributed by atoms with Crippen molar-refractivity contribution >= 4 is 34.9 Å². The minimum absolute atomic E-state index is 1.03. The Labute approximate surface area is 135 Å². The van der Waals surface area contributed by atoms with Gasteiger partial charge in [-0.3, -0.25) is 0 Å². The molecule has 108 valence electrons. The highest BCUT2D eigenvalue weighted by molar-refractivity contribution is 7.99. The lowest BCUT2D eigenvalue weighted by atomic mass is 10.2. The molecule has 0 spiro atoms. The molecule has 0 saturated carbocycles. The summed E-state index contributed by atoms with van der Waals surface area (Å²) in [7, 11) is 0. The molecule has 21 heavy (non-hydrogen) atoms. The van der Waals surface area contributed by atoms with Crippen LogP contribution in [-0.2, 0) is 0 Å². The summed E-state index contributed by atoms with van der Waals surface area (Å²) in [6, 6.07) is 16.8. The van der Waals surface area contributed by atoms with Crippen LogP contribution in [0.3, 0.4) is 0 Å². The summed E-state index contributed by atoms with van der Waals surface area (Å²) in [6.45, 7) is 7.15. The average molecular weight is 313 g/mol. The Morgan fingerprint density at radius 2 is 1.33 bits per heavy atom. The molecule has 0 amide bonds. The van der Waals surface area contributed by atoms with E-state index in [1.807, 2.05) is 35.7 Å². The van der Waals surface area contributed by atoms with E-state index in [0.717, 1.165) is 11.5 Å². The summed E-state index contributed by atoms with van der Waals surface area (Å²) in [4.78, 5) is 2.59. The number of nitrogens with one attached hydrogen (secondary N) is 1. The molecule has 0 atom stereocenters. The maximum atomic E-state index is 3.58. The number of hydrogen-bond acceptors (Lipinski definition) is 3. The molecule has 2 aromatic carbocycles. The Balaban J connectivity index is 0.000000199. The van der Waals surface area contributed by atoms with Crippen LogP contribution in [0.15, 0.2) is 83.6 Å². The van der Waals surface area contributed by atoms with E-state index in [4.69, 9.17) is 0 Å². The normalized spacial score (nSPS) is 11.0. The van der Waals surface area contributed by atoms with Gasteiger partial charge in [0.15, 0.2) is 0 Å². The van der Waals surface area contributed by atoms with Crippen LogP contribution in [0.5, 0.6) is 0 Å². The van der Waals surface area contributed by atoms with Crippen LogP contribution in [0.25, 0.3) is 0 Å². The van der Waals surface area contributed by atoms with E-state index in [9.17, 15) is 0 Å². The molecule has 1 aliphatic heterocycles. The molecule has 0 unspecified atom stereocenters. The largest absolute Gasteiger partial charge is 0.354 e. The smallest absolute Gasteiger partial charge is 0.0526 e. The molecule has 1 nitrogen and oxygen atoms in total. The number of rotatable bonds is 4. The van der Waals surface area contributed by atoms with E-state index in [1.54, 1.807) is 0 Å². The van der Waals surface area contributed by atoms with Crippen molar-refractivity contribution in [3.8, 4) is 0 Å². The number of para-hydroxylation sites is 2. The van der Waals surface area contributed by atoms with Gasteiger partial charge >= 0.3 is 0 Å². The van der Waals surface area contributed by atoms with Crippen molar-refractivity contribution in [1.82, 2.24) is 0 Å². The molecular formula is C18H19NS2. The third kappa shape index (κ3) is 4.73. The predicted molar refractivity (Wildman–Crippen MR) is 98.0 cm³/mol. The molecule has 3 heteroatoms. The SMILES string of the molecule is C=CCSCC=C.c1ccc2c(c1)Nc1ccccc1S2. The van der Waals surface area contributed by atoms with E-state index in [2.05, 4.69) is 67.0 Å². The van der Waals surface area contributed by atoms with Crippen LogP contribution < -0.4 is 5.32 Å². The predicted octanol–water partition coefficient (Wildman–Crippen LogP) is 5.99. The second-order valence-corrected chi connectivity index (χ2v) is 6.49. The summed E-state index contributed by atoms with van der Waals surface area (Å²) in [5.74, 6) is 2.07. The zero-order valence-corrected chi connectivity index (χ0v) is 13.6. The van der Waals surface area contributed by atoms with Crippen molar-refractivity contribution in [3.05, 3.63) is 73.8 Å². The summed E-state index contributed by atoms with van der Waals surface area (Å²) in [6.07, 6.45) is 3.79. The van der Waals surface area contributed by atoms with Crippen molar-refractivity contribution in [1.29, 1.82) is 0 Å². The van der Waals surface area contributed by atoms with Gasteiger partial charge in [0.2, 0.25) is 0 Å². The van der Waals surface area contributed by atoms with Crippen molar-refractivity contribution in [2.75, 3.05) is 16.8 Å². The maximum absolute atomic E-state index is 3.58. The van der Waals surface area contributed by atoms with Crippen LogP contribution in [0.4, 0.5) is 11.4 Å². The molecule has 0 aromatic heterocycles. The van der Waals surface area contributed by atoms with E-state index in [0.29, 0.717) is 0 Å². The van der Waals surface area contributed by atoms with Gasteiger partial charge < -0.3 is 5.32 Å². The molecule has 1 aliphatic rings. The minimum atomic E-state index is 1.03. The fourth-order valence-corrected chi connectivity index (χ4v) is 3.27. The summed E-state index contributed by atoms with van der Waals surface area (Å²) < 4.78 is 0. The number of hydrogen-bond donors (Lipinski definition) is 1. The van der Waals surface area contributed by atoms with Crippen molar-refractivity contribution in [2.45, 2.75) is 9.79 Å². The third-order valence-electron chi connectivity index (χ3n) is 2.73. The van der Waals surface area contributed by atoms with E-state index < -0.39 is 0 Å². The zero-order chi connectivity index (χ0) is 14.9. The van der Waals surface area contributed by atoms with Crippen LogP contribution in [0.2, 0.25) is 0 Å². The average Bonchev–Trinajstić information content (AvgIpc) is 2.54. The maximum Gasteiger partial charge on any atom is 0.0526 e. The standard InChI is InChI=1S/C12H9NS.C6H10S/c1-3-7-11-9(5-1)13-10-6-2-4-8-12(10)14-11;1-3-5-7-6-4-2/h1-8,13H;3-4H,1-2,5-6H2. The van der Waals surface area contributed by atoms with Crippen LogP contribution in [0, 0.1) is 0 Å². The number of benzene rings is 2. The van der Waals surface area contributed by atoms with Gasteiger partial charge in [0.1, 0.15) is 0 Å². The van der Waals surface area contributed by atoms with Crippen LogP contribution in [-0.4, -0.2) is 11.5 Å². The second kappa shape index (κ2) is 8.65. The lowest BCUT2D eigenvalue weighted by molar-refractivity contribution is 1.32. The van der Waals surface area contributed by atoms with Gasteiger partial charge in [-0.05, 0) is 24.3 Å². The Morgan fingerprint density at radius 3 is 1.81 bits per heavy atom. The zero-order valence-electron chi connectivity index (χ0n) is 11.9. The first-order valence-electron chi connectivity index (χ1n) is 6.77. The quantitative estimate of drug-likeness (QED) is 0.469. The number of fused-ring (bicyclic) bond motifs is 2. The third-order valence-corrected chi connectivity index (χ3v) is 4.83. The lowest BCUT2D eigenvalue weighted by Crippen LogP contribution is -1.98. The van der Waals surface area contributed by atoms with Gasteiger partial charge in [0.25, 0.3) is 0 Å². The summed E-state index contributed by atoms with van der Waals surface area (Å²) in [5.41, 5.74) is 2.41. The number of thioether (sulfide) groups is 1. The Morgan fingerprint density at radius 1 is 0.857 bits per heavy atom. The van der Waals surface area contributed by atoms with E-state index in [-0.39, 0.29) is 0 Å². The van der Waals surface area contributed by atoms with Crippen molar-refractivity contribution in [3.63, 3.8) is 0 Å². The highest BCUT2D eigenvalue weighted by Crippen LogP contribution is 2.43. The van der Waals surface area contributed by atoms with Crippen LogP contribution >= 0.6 is 23.5 Å². The summed E-state index contributed by atoms with van der Waals surface area (Å²) in [5, 5.41) is 3.42. The van der Waals surface area contributed by atoms with Crippen molar-refractivity contribution in [2.24, 2.45) is 0 Å². The Bertz CT molecular complexity index is 512. The molecule has 1 N–H and O–H groups in total. The molecule has 0 bridgehead atoms. The monoisotopic (exact) mass is 313 g/mol. The fraction of sp³-hybridized carbons (Fsp3) is 0.111. The second-order valence-electron chi connectivity index (χ2n) is 4.33. The van der Waals surface area contributed by atoms with E-state index in [1.165, 1.54) is 21.2 Å². The van der Waals surface area contributed by atoms with Gasteiger partial charge in [-0.15, -0.1) is 13.2 Å². The first kappa shape index (κ1) is 15.8. The first-order valence-corrected chi connectivity index (χ1v) is 8.74.